The molecule has 3 rings (SSSR count). The number of aryl methyl sites for hydroxylation is 1. The highest BCUT2D eigenvalue weighted by Gasteiger charge is 2.30. The molecule has 2 aromatic carbocycles. The minimum Gasteiger partial charge on any atom is -0.469 e. The highest BCUT2D eigenvalue weighted by Crippen LogP contribution is 2.26. The number of carbonyl (C=O) groups excluding carboxylic acids is 2. The first kappa shape index (κ1) is 20.9. The minimum absolute atomic E-state index is 0.0100. The average molecular weight is 396 g/mol. The molecule has 6 nitrogen and oxygen atoms in total. The van der Waals surface area contributed by atoms with Crippen LogP contribution in [0.25, 0.3) is 0 Å². The van der Waals surface area contributed by atoms with Crippen LogP contribution >= 0.6 is 0 Å². The Morgan fingerprint density at radius 2 is 1.52 bits per heavy atom. The predicted octanol–water partition coefficient (Wildman–Crippen LogP) is 3.74. The van der Waals surface area contributed by atoms with Gasteiger partial charge in [0.2, 0.25) is 0 Å². The maximum Gasteiger partial charge on any atom is 0.329 e. The van der Waals surface area contributed by atoms with Crippen LogP contribution in [0.15, 0.2) is 48.5 Å². The van der Waals surface area contributed by atoms with Crippen LogP contribution in [0.3, 0.4) is 0 Å². The molecule has 0 bridgehead atoms. The Morgan fingerprint density at radius 1 is 0.966 bits per heavy atom. The quantitative estimate of drug-likeness (QED) is 0.519. The normalized spacial score (nSPS) is 13.8. The van der Waals surface area contributed by atoms with Crippen LogP contribution in [0.5, 0.6) is 0 Å². The molecule has 0 aliphatic carbocycles. The average Bonchev–Trinajstić information content (AvgIpc) is 3.14. The molecule has 0 aromatic heterocycles. The summed E-state index contributed by atoms with van der Waals surface area (Å²) in [7, 11) is 1.40. The van der Waals surface area contributed by atoms with Crippen molar-refractivity contribution in [1.82, 2.24) is 5.32 Å². The summed E-state index contributed by atoms with van der Waals surface area (Å²) >= 11 is 0. The molecule has 0 unspecified atom stereocenters. The summed E-state index contributed by atoms with van der Waals surface area (Å²) < 4.78 is 4.68. The molecule has 1 fully saturated rings. The number of nitrogens with one attached hydrogen (secondary N) is 1. The third-order valence-electron chi connectivity index (χ3n) is 5.11. The van der Waals surface area contributed by atoms with Crippen LogP contribution in [0.2, 0.25) is 0 Å². The van der Waals surface area contributed by atoms with Crippen LogP contribution in [0.1, 0.15) is 30.9 Å². The molecule has 6 heteroatoms. The highest BCUT2D eigenvalue weighted by atomic mass is 16.5. The fraction of sp³-hybridized carbons (Fsp3) is 0.391. The summed E-state index contributed by atoms with van der Waals surface area (Å²) in [5.41, 5.74) is 4.06. The minimum atomic E-state index is -0.216. The second kappa shape index (κ2) is 10.1. The third-order valence-corrected chi connectivity index (χ3v) is 5.11. The smallest absolute Gasteiger partial charge is 0.329 e. The van der Waals surface area contributed by atoms with E-state index in [9.17, 15) is 9.59 Å². The Morgan fingerprint density at radius 3 is 2.03 bits per heavy atom. The van der Waals surface area contributed by atoms with E-state index >= 15 is 0 Å². The summed E-state index contributed by atoms with van der Waals surface area (Å²) in [4.78, 5) is 27.8. The van der Waals surface area contributed by atoms with Gasteiger partial charge in [0.05, 0.1) is 7.11 Å². The monoisotopic (exact) mass is 395 g/mol. The van der Waals surface area contributed by atoms with Crippen molar-refractivity contribution in [2.45, 2.75) is 32.7 Å². The van der Waals surface area contributed by atoms with E-state index in [2.05, 4.69) is 29.1 Å². The Hall–Kier alpha value is -2.86. The largest absolute Gasteiger partial charge is 0.469 e. The zero-order valence-corrected chi connectivity index (χ0v) is 17.2. The molecular formula is C23H29N3O3. The molecule has 1 N–H and O–H groups in total. The maximum atomic E-state index is 12.9. The first-order valence-electron chi connectivity index (χ1n) is 10.2. The highest BCUT2D eigenvalue weighted by molar-refractivity contribution is 6.06. The third kappa shape index (κ3) is 5.35. The number of urea groups is 1. The van der Waals surface area contributed by atoms with Crippen molar-refractivity contribution in [3.63, 3.8) is 0 Å². The predicted molar refractivity (Wildman–Crippen MR) is 115 cm³/mol. The lowest BCUT2D eigenvalue weighted by Crippen LogP contribution is -2.31. The number of carbonyl (C=O) groups is 2. The van der Waals surface area contributed by atoms with Crippen LogP contribution in [-0.4, -0.2) is 38.7 Å². The van der Waals surface area contributed by atoms with Gasteiger partial charge < -0.3 is 10.1 Å². The summed E-state index contributed by atoms with van der Waals surface area (Å²) in [6.07, 6.45) is 2.10. The number of anilines is 2. The van der Waals surface area contributed by atoms with Crippen molar-refractivity contribution in [3.05, 3.63) is 59.7 Å². The first-order chi connectivity index (χ1) is 14.1. The fourth-order valence-corrected chi connectivity index (χ4v) is 3.41. The second-order valence-electron chi connectivity index (χ2n) is 7.17. The summed E-state index contributed by atoms with van der Waals surface area (Å²) in [6, 6.07) is 16.0. The number of rotatable bonds is 9. The number of hydrogen-bond donors (Lipinski definition) is 1. The van der Waals surface area contributed by atoms with Gasteiger partial charge in [-0.15, -0.1) is 0 Å². The molecule has 1 saturated heterocycles. The summed E-state index contributed by atoms with van der Waals surface area (Å²) in [5.74, 6) is -0.216. The van der Waals surface area contributed by atoms with Gasteiger partial charge in [0.1, 0.15) is 0 Å². The molecule has 1 aliphatic heterocycles. The van der Waals surface area contributed by atoms with E-state index in [-0.39, 0.29) is 12.0 Å². The topological polar surface area (TPSA) is 61.9 Å². The first-order valence-corrected chi connectivity index (χ1v) is 10.2. The molecule has 2 aromatic rings. The molecule has 1 aliphatic rings. The molecule has 0 saturated carbocycles. The van der Waals surface area contributed by atoms with Gasteiger partial charge in [-0.2, -0.15) is 0 Å². The molecule has 0 atom stereocenters. The zero-order valence-electron chi connectivity index (χ0n) is 17.2. The summed E-state index contributed by atoms with van der Waals surface area (Å²) in [6.45, 7) is 5.31. The fourth-order valence-electron chi connectivity index (χ4n) is 3.41. The van der Waals surface area contributed by atoms with E-state index < -0.39 is 0 Å². The Kier molecular flexibility index (Phi) is 7.25. The number of amides is 2. The van der Waals surface area contributed by atoms with Crippen molar-refractivity contribution in [2.24, 2.45) is 0 Å². The van der Waals surface area contributed by atoms with Crippen molar-refractivity contribution in [1.29, 1.82) is 0 Å². The number of methoxy groups -OCH3 is 1. The van der Waals surface area contributed by atoms with Crippen molar-refractivity contribution in [2.75, 3.05) is 36.5 Å². The van der Waals surface area contributed by atoms with Gasteiger partial charge >= 0.3 is 12.0 Å². The Labute approximate surface area is 172 Å². The van der Waals surface area contributed by atoms with Crippen LogP contribution in [0, 0.1) is 0 Å². The second-order valence-corrected chi connectivity index (χ2v) is 7.17. The lowest BCUT2D eigenvalue weighted by molar-refractivity contribution is -0.140. The molecule has 154 valence electrons. The lowest BCUT2D eigenvalue weighted by Gasteiger charge is -2.19. The van der Waals surface area contributed by atoms with Crippen molar-refractivity contribution >= 4 is 23.4 Å². The molecule has 0 spiro atoms. The number of esters is 1. The Balaban J connectivity index is 1.60. The standard InChI is InChI=1S/C23H29N3O3/c1-3-14-24-17-19-6-11-21(12-7-19)26-16-15-25(23(26)28)20-9-4-18(5-10-20)8-13-22(27)29-2/h4-7,9-12,24H,3,8,13-17H2,1-2H3. The van der Waals surface area contributed by atoms with Gasteiger partial charge in [-0.3, -0.25) is 14.6 Å². The lowest BCUT2D eigenvalue weighted by atomic mass is 10.1. The molecule has 0 radical (unpaired) electrons. The van der Waals surface area contributed by atoms with E-state index in [1.54, 1.807) is 4.90 Å². The summed E-state index contributed by atoms with van der Waals surface area (Å²) in [5, 5.41) is 3.39. The van der Waals surface area contributed by atoms with Gasteiger partial charge in [-0.1, -0.05) is 31.2 Å². The van der Waals surface area contributed by atoms with Gasteiger partial charge in [-0.25, -0.2) is 4.79 Å². The van der Waals surface area contributed by atoms with E-state index in [0.29, 0.717) is 25.9 Å². The van der Waals surface area contributed by atoms with E-state index in [1.807, 2.05) is 41.3 Å². The molecule has 2 amide bonds. The molecule has 29 heavy (non-hydrogen) atoms. The number of hydrogen-bond acceptors (Lipinski definition) is 4. The van der Waals surface area contributed by atoms with Gasteiger partial charge in [0.15, 0.2) is 0 Å². The van der Waals surface area contributed by atoms with Gasteiger partial charge in [0.25, 0.3) is 0 Å². The molecule has 1 heterocycles. The van der Waals surface area contributed by atoms with Crippen molar-refractivity contribution < 1.29 is 14.3 Å². The molecular weight excluding hydrogens is 366 g/mol. The van der Waals surface area contributed by atoms with E-state index in [0.717, 1.165) is 36.4 Å². The van der Waals surface area contributed by atoms with Crippen molar-refractivity contribution in [3.8, 4) is 0 Å². The number of benzene rings is 2. The zero-order chi connectivity index (χ0) is 20.6. The van der Waals surface area contributed by atoms with Crippen LogP contribution in [0.4, 0.5) is 16.2 Å². The van der Waals surface area contributed by atoms with Gasteiger partial charge in [-0.05, 0) is 54.8 Å². The van der Waals surface area contributed by atoms with Gasteiger partial charge in [0, 0.05) is 37.4 Å². The number of nitrogens with zero attached hydrogens (tertiary/aromatic N) is 2. The van der Waals surface area contributed by atoms with E-state index in [4.69, 9.17) is 0 Å². The number of ether oxygens (including phenoxy) is 1. The van der Waals surface area contributed by atoms with Crippen LogP contribution in [-0.2, 0) is 22.5 Å². The van der Waals surface area contributed by atoms with Crippen LogP contribution < -0.4 is 15.1 Å². The maximum absolute atomic E-state index is 12.9. The van der Waals surface area contributed by atoms with E-state index in [1.165, 1.54) is 12.7 Å². The SMILES string of the molecule is CCCNCc1ccc(N2CCN(c3ccc(CCC(=O)OC)cc3)C2=O)cc1. The Bertz CT molecular complexity index is 818.